The number of hydrogen-bond donors (Lipinski definition) is 1. The number of halogens is 1. The number of hydrogen-bond acceptors (Lipinski definition) is 7. The number of fused-ring (bicyclic) bond motifs is 1. The lowest BCUT2D eigenvalue weighted by atomic mass is 9.85. The molecule has 1 saturated heterocycles. The molecule has 0 aromatic carbocycles. The van der Waals surface area contributed by atoms with Gasteiger partial charge in [0.1, 0.15) is 17.0 Å². The van der Waals surface area contributed by atoms with Crippen molar-refractivity contribution in [3.63, 3.8) is 0 Å². The van der Waals surface area contributed by atoms with Gasteiger partial charge in [-0.3, -0.25) is 4.40 Å². The second-order valence-electron chi connectivity index (χ2n) is 7.32. The minimum Gasteiger partial charge on any atom is -0.468 e. The molecule has 9 heteroatoms. The highest BCUT2D eigenvalue weighted by molar-refractivity contribution is 6.31. The van der Waals surface area contributed by atoms with E-state index >= 15 is 0 Å². The minimum absolute atomic E-state index is 0.0144. The van der Waals surface area contributed by atoms with Crippen LogP contribution >= 0.6 is 11.6 Å². The topological polar surface area (TPSA) is 86.5 Å². The van der Waals surface area contributed by atoms with E-state index in [9.17, 15) is 0 Å². The Bertz CT molecular complexity index is 976. The zero-order chi connectivity index (χ0) is 18.9. The summed E-state index contributed by atoms with van der Waals surface area (Å²) < 4.78 is 13.0. The van der Waals surface area contributed by atoms with Gasteiger partial charge in [0, 0.05) is 18.2 Å². The van der Waals surface area contributed by atoms with Crippen LogP contribution < -0.4 is 10.1 Å². The molecule has 1 saturated carbocycles. The van der Waals surface area contributed by atoms with Crippen molar-refractivity contribution in [1.29, 1.82) is 0 Å². The molecule has 2 fully saturated rings. The molecule has 0 unspecified atom stereocenters. The Morgan fingerprint density at radius 1 is 1.21 bits per heavy atom. The molecule has 2 atom stereocenters. The van der Waals surface area contributed by atoms with Crippen LogP contribution in [0.1, 0.15) is 37.4 Å². The molecule has 1 aliphatic carbocycles. The Morgan fingerprint density at radius 2 is 2.14 bits per heavy atom. The van der Waals surface area contributed by atoms with E-state index < -0.39 is 0 Å². The van der Waals surface area contributed by atoms with E-state index in [-0.39, 0.29) is 12.1 Å². The summed E-state index contributed by atoms with van der Waals surface area (Å²) in [4.78, 5) is 8.78. The molecule has 0 amide bonds. The molecule has 3 aromatic rings. The van der Waals surface area contributed by atoms with Crippen LogP contribution in [0.3, 0.4) is 0 Å². The maximum atomic E-state index is 6.17. The lowest BCUT2D eigenvalue weighted by Crippen LogP contribution is -2.39. The van der Waals surface area contributed by atoms with Gasteiger partial charge in [0.25, 0.3) is 0 Å². The van der Waals surface area contributed by atoms with Gasteiger partial charge in [0.15, 0.2) is 5.65 Å². The van der Waals surface area contributed by atoms with Gasteiger partial charge in [-0.25, -0.2) is 4.98 Å². The maximum Gasteiger partial charge on any atom is 0.237 e. The molecule has 146 valence electrons. The van der Waals surface area contributed by atoms with Crippen LogP contribution in [0.2, 0.25) is 5.02 Å². The quantitative estimate of drug-likeness (QED) is 0.704. The highest BCUT2D eigenvalue weighted by Gasteiger charge is 2.28. The van der Waals surface area contributed by atoms with E-state index in [4.69, 9.17) is 21.1 Å². The number of anilines is 1. The monoisotopic (exact) mass is 400 g/mol. The summed E-state index contributed by atoms with van der Waals surface area (Å²) in [5.41, 5.74) is 0.885. The molecule has 2 aliphatic rings. The van der Waals surface area contributed by atoms with Crippen molar-refractivity contribution in [3.8, 4) is 5.88 Å². The minimum atomic E-state index is 0.0144. The zero-order valence-corrected chi connectivity index (χ0v) is 16.0. The molecule has 0 radical (unpaired) electrons. The Hall–Kier alpha value is -2.45. The summed E-state index contributed by atoms with van der Waals surface area (Å²) in [7, 11) is 0. The molecule has 0 bridgehead atoms. The lowest BCUT2D eigenvalue weighted by Gasteiger charge is -2.29. The van der Waals surface area contributed by atoms with Crippen molar-refractivity contribution in [2.24, 2.45) is 0 Å². The summed E-state index contributed by atoms with van der Waals surface area (Å²) in [5.74, 6) is 2.31. The van der Waals surface area contributed by atoms with Crippen LogP contribution in [0, 0.1) is 0 Å². The normalized spacial score (nSPS) is 22.8. The van der Waals surface area contributed by atoms with Gasteiger partial charge < -0.3 is 14.8 Å². The molecular weight excluding hydrogens is 380 g/mol. The smallest absolute Gasteiger partial charge is 0.237 e. The Labute approximate surface area is 167 Å². The lowest BCUT2D eigenvalue weighted by molar-refractivity contribution is -0.0812. The predicted molar refractivity (Wildman–Crippen MR) is 104 cm³/mol. The van der Waals surface area contributed by atoms with Crippen LogP contribution in [-0.2, 0) is 4.74 Å². The first-order valence-electron chi connectivity index (χ1n) is 9.59. The number of aromatic nitrogens is 5. The highest BCUT2D eigenvalue weighted by atomic mass is 35.5. The van der Waals surface area contributed by atoms with Crippen LogP contribution in [-0.4, -0.2) is 49.9 Å². The molecule has 4 heterocycles. The Balaban J connectivity index is 1.30. The van der Waals surface area contributed by atoms with Gasteiger partial charge in [-0.2, -0.15) is 4.98 Å². The third kappa shape index (κ3) is 3.49. The number of ether oxygens (including phenoxy) is 2. The van der Waals surface area contributed by atoms with E-state index in [0.29, 0.717) is 36.0 Å². The average Bonchev–Trinajstić information content (AvgIpc) is 3.11. The van der Waals surface area contributed by atoms with Crippen LogP contribution in [0.4, 0.5) is 5.95 Å². The van der Waals surface area contributed by atoms with Crippen molar-refractivity contribution in [3.05, 3.63) is 41.4 Å². The third-order valence-electron chi connectivity index (χ3n) is 5.31. The van der Waals surface area contributed by atoms with Gasteiger partial charge in [-0.05, 0) is 31.4 Å². The first-order chi connectivity index (χ1) is 13.8. The molecule has 3 aromatic heterocycles. The number of nitrogens with one attached hydrogen (secondary N) is 1. The van der Waals surface area contributed by atoms with Crippen molar-refractivity contribution in [1.82, 2.24) is 24.6 Å². The van der Waals surface area contributed by atoms with Gasteiger partial charge >= 0.3 is 0 Å². The number of nitrogens with zero attached hydrogens (tertiary/aromatic N) is 5. The molecule has 0 spiro atoms. The average molecular weight is 401 g/mol. The summed E-state index contributed by atoms with van der Waals surface area (Å²) >= 11 is 6.17. The summed E-state index contributed by atoms with van der Waals surface area (Å²) in [6, 6.07) is 6.22. The van der Waals surface area contributed by atoms with Crippen LogP contribution in [0.15, 0.2) is 30.6 Å². The molecule has 28 heavy (non-hydrogen) atoms. The van der Waals surface area contributed by atoms with Gasteiger partial charge in [-0.15, -0.1) is 10.2 Å². The maximum absolute atomic E-state index is 6.17. The summed E-state index contributed by atoms with van der Waals surface area (Å²) in [6.07, 6.45) is 7.85. The standard InChI is InChI=1S/C19H21ClN6O2/c20-15-9-21-19(23-18(15)28-14-10-27-11-14)22-13-5-3-4-12(8-13)17-25-24-16-6-1-2-7-26(16)17/h1-2,6-7,9,12-14H,3-5,8,10-11H2,(H,21,22,23)/t12-,13+/m0/s1. The van der Waals surface area contributed by atoms with Gasteiger partial charge in [0.2, 0.25) is 11.8 Å². The fraction of sp³-hybridized carbons (Fsp3) is 0.474. The van der Waals surface area contributed by atoms with Crippen molar-refractivity contribution >= 4 is 23.2 Å². The van der Waals surface area contributed by atoms with E-state index in [1.165, 1.54) is 0 Å². The summed E-state index contributed by atoms with van der Waals surface area (Å²) in [5, 5.41) is 12.6. The second-order valence-corrected chi connectivity index (χ2v) is 7.72. The van der Waals surface area contributed by atoms with Gasteiger partial charge in [-0.1, -0.05) is 24.1 Å². The summed E-state index contributed by atoms with van der Waals surface area (Å²) in [6.45, 7) is 1.14. The molecule has 5 rings (SSSR count). The number of pyridine rings is 1. The van der Waals surface area contributed by atoms with Crippen LogP contribution in [0.5, 0.6) is 5.88 Å². The van der Waals surface area contributed by atoms with Crippen LogP contribution in [0.25, 0.3) is 5.65 Å². The van der Waals surface area contributed by atoms with Crippen molar-refractivity contribution < 1.29 is 9.47 Å². The van der Waals surface area contributed by atoms with E-state index in [1.807, 2.05) is 24.4 Å². The molecule has 1 N–H and O–H groups in total. The fourth-order valence-corrected chi connectivity index (χ4v) is 3.96. The first kappa shape index (κ1) is 17.6. The predicted octanol–water partition coefficient (Wildman–Crippen LogP) is 3.09. The van der Waals surface area contributed by atoms with E-state index in [0.717, 1.165) is 37.2 Å². The van der Waals surface area contributed by atoms with Crippen molar-refractivity contribution in [2.45, 2.75) is 43.7 Å². The van der Waals surface area contributed by atoms with E-state index in [1.54, 1.807) is 6.20 Å². The SMILES string of the molecule is Clc1cnc(N[C@@H]2CCC[C@H](c3nnc4ccccn34)C2)nc1OC1COC1. The Morgan fingerprint density at radius 3 is 3.00 bits per heavy atom. The molecule has 8 nitrogen and oxygen atoms in total. The first-order valence-corrected chi connectivity index (χ1v) is 9.97. The zero-order valence-electron chi connectivity index (χ0n) is 15.3. The second kappa shape index (κ2) is 7.52. The fourth-order valence-electron chi connectivity index (χ4n) is 3.82. The molecular formula is C19H21ClN6O2. The third-order valence-corrected chi connectivity index (χ3v) is 5.57. The Kier molecular flexibility index (Phi) is 4.74. The largest absolute Gasteiger partial charge is 0.468 e. The van der Waals surface area contributed by atoms with Crippen molar-refractivity contribution in [2.75, 3.05) is 18.5 Å². The van der Waals surface area contributed by atoms with E-state index in [2.05, 4.69) is 29.9 Å². The highest BCUT2D eigenvalue weighted by Crippen LogP contribution is 2.33. The molecule has 1 aliphatic heterocycles. The number of rotatable bonds is 5. The van der Waals surface area contributed by atoms with Gasteiger partial charge in [0.05, 0.1) is 19.4 Å².